The van der Waals surface area contributed by atoms with Crippen LogP contribution in [0.1, 0.15) is 45.1 Å². The Hall–Kier alpha value is -1.38. The molecule has 4 nitrogen and oxygen atoms in total. The van der Waals surface area contributed by atoms with Gasteiger partial charge in [-0.15, -0.1) is 0 Å². The van der Waals surface area contributed by atoms with Crippen molar-refractivity contribution >= 4 is 10.0 Å². The summed E-state index contributed by atoms with van der Waals surface area (Å²) in [5, 5.41) is 8.63. The Labute approximate surface area is 127 Å². The fourth-order valence-corrected chi connectivity index (χ4v) is 3.99. The molecule has 21 heavy (non-hydrogen) atoms. The minimum Gasteiger partial charge on any atom is -0.208 e. The zero-order valence-electron chi connectivity index (χ0n) is 12.6. The maximum Gasteiger partial charge on any atom is 0.240 e. The molecule has 1 aromatic carbocycles. The molecule has 0 amide bonds. The third-order valence-corrected chi connectivity index (χ3v) is 5.71. The second kappa shape index (κ2) is 6.17. The van der Waals surface area contributed by atoms with Gasteiger partial charge >= 0.3 is 0 Å². The minimum absolute atomic E-state index is 0.0295. The monoisotopic (exact) mass is 306 g/mol. The van der Waals surface area contributed by atoms with Crippen LogP contribution in [0.15, 0.2) is 29.2 Å². The quantitative estimate of drug-likeness (QED) is 0.929. The summed E-state index contributed by atoms with van der Waals surface area (Å²) < 4.78 is 27.5. The lowest BCUT2D eigenvalue weighted by Gasteiger charge is -2.34. The summed E-state index contributed by atoms with van der Waals surface area (Å²) >= 11 is 0. The summed E-state index contributed by atoms with van der Waals surface area (Å²) in [6.07, 6.45) is 4.16. The van der Waals surface area contributed by atoms with Crippen LogP contribution in [0.3, 0.4) is 0 Å². The summed E-state index contributed by atoms with van der Waals surface area (Å²) in [5.41, 5.74) is 1.15. The second-order valence-corrected chi connectivity index (χ2v) is 8.25. The van der Waals surface area contributed by atoms with Gasteiger partial charge < -0.3 is 0 Å². The number of hydrogen-bond donors (Lipinski definition) is 1. The van der Waals surface area contributed by atoms with Crippen LogP contribution < -0.4 is 4.72 Å². The van der Waals surface area contributed by atoms with Crippen molar-refractivity contribution in [1.29, 1.82) is 5.26 Å². The van der Waals surface area contributed by atoms with Crippen molar-refractivity contribution in [2.75, 3.05) is 0 Å². The highest BCUT2D eigenvalue weighted by molar-refractivity contribution is 7.89. The number of benzene rings is 1. The van der Waals surface area contributed by atoms with Gasteiger partial charge in [-0.3, -0.25) is 0 Å². The SMILES string of the molecule is CC1(C)CCC(NS(=O)(=O)c2ccc(CC#N)cc2)CC1. The molecule has 0 saturated heterocycles. The maximum atomic E-state index is 12.4. The molecule has 1 aliphatic rings. The van der Waals surface area contributed by atoms with Crippen LogP contribution in [0.2, 0.25) is 0 Å². The summed E-state index contributed by atoms with van der Waals surface area (Å²) in [4.78, 5) is 0.272. The average molecular weight is 306 g/mol. The fraction of sp³-hybridized carbons (Fsp3) is 0.562. The molecule has 0 unspecified atom stereocenters. The first-order chi connectivity index (χ1) is 9.82. The molecule has 0 radical (unpaired) electrons. The van der Waals surface area contributed by atoms with Crippen LogP contribution >= 0.6 is 0 Å². The number of nitrogens with zero attached hydrogens (tertiary/aromatic N) is 1. The van der Waals surface area contributed by atoms with Gasteiger partial charge in [0, 0.05) is 6.04 Å². The number of nitriles is 1. The Kier molecular flexibility index (Phi) is 4.70. The van der Waals surface area contributed by atoms with E-state index in [1.54, 1.807) is 24.3 Å². The lowest BCUT2D eigenvalue weighted by Crippen LogP contribution is -2.39. The summed E-state index contributed by atoms with van der Waals surface area (Å²) in [7, 11) is -3.46. The first-order valence-electron chi connectivity index (χ1n) is 7.31. The number of nitrogens with one attached hydrogen (secondary N) is 1. The predicted octanol–water partition coefficient (Wildman–Crippen LogP) is 3.00. The Balaban J connectivity index is 2.03. The Morgan fingerprint density at radius 2 is 1.81 bits per heavy atom. The van der Waals surface area contributed by atoms with Crippen molar-refractivity contribution in [3.8, 4) is 6.07 Å². The third kappa shape index (κ3) is 4.29. The van der Waals surface area contributed by atoms with E-state index in [-0.39, 0.29) is 10.9 Å². The highest BCUT2D eigenvalue weighted by atomic mass is 32.2. The third-order valence-electron chi connectivity index (χ3n) is 4.18. The molecule has 0 aliphatic heterocycles. The van der Waals surface area contributed by atoms with Gasteiger partial charge in [-0.1, -0.05) is 26.0 Å². The highest BCUT2D eigenvalue weighted by Gasteiger charge is 2.29. The summed E-state index contributed by atoms with van der Waals surface area (Å²) in [6.45, 7) is 4.46. The van der Waals surface area contributed by atoms with Crippen LogP contribution in [-0.4, -0.2) is 14.5 Å². The smallest absolute Gasteiger partial charge is 0.208 e. The van der Waals surface area contributed by atoms with Gasteiger partial charge in [0.25, 0.3) is 0 Å². The molecule has 114 valence electrons. The maximum absolute atomic E-state index is 12.4. The van der Waals surface area contributed by atoms with Gasteiger partial charge in [0.1, 0.15) is 0 Å². The van der Waals surface area contributed by atoms with E-state index in [1.807, 2.05) is 0 Å². The number of rotatable bonds is 4. The van der Waals surface area contributed by atoms with E-state index in [0.717, 1.165) is 31.2 Å². The molecule has 1 fully saturated rings. The zero-order valence-corrected chi connectivity index (χ0v) is 13.4. The van der Waals surface area contributed by atoms with Crippen molar-refractivity contribution in [3.63, 3.8) is 0 Å². The first kappa shape index (κ1) is 16.0. The Morgan fingerprint density at radius 1 is 1.24 bits per heavy atom. The minimum atomic E-state index is -3.46. The average Bonchev–Trinajstić information content (AvgIpc) is 2.42. The van der Waals surface area contributed by atoms with E-state index < -0.39 is 10.0 Å². The zero-order chi connectivity index (χ0) is 15.5. The largest absolute Gasteiger partial charge is 0.240 e. The van der Waals surface area contributed by atoms with E-state index in [0.29, 0.717) is 11.8 Å². The van der Waals surface area contributed by atoms with Gasteiger partial charge in [-0.2, -0.15) is 5.26 Å². The number of hydrogen-bond acceptors (Lipinski definition) is 3. The molecule has 2 rings (SSSR count). The molecule has 0 aromatic heterocycles. The van der Waals surface area contributed by atoms with Crippen LogP contribution in [-0.2, 0) is 16.4 Å². The van der Waals surface area contributed by atoms with Gasteiger partial charge in [-0.25, -0.2) is 13.1 Å². The molecule has 1 aromatic rings. The molecule has 0 heterocycles. The van der Waals surface area contributed by atoms with Gasteiger partial charge in [0.2, 0.25) is 10.0 Å². The van der Waals surface area contributed by atoms with Crippen molar-refractivity contribution in [1.82, 2.24) is 4.72 Å². The highest BCUT2D eigenvalue weighted by Crippen LogP contribution is 2.35. The molecule has 0 bridgehead atoms. The van der Waals surface area contributed by atoms with Crippen LogP contribution in [0.4, 0.5) is 0 Å². The van der Waals surface area contributed by atoms with Gasteiger partial charge in [0.05, 0.1) is 17.4 Å². The van der Waals surface area contributed by atoms with Gasteiger partial charge in [0.15, 0.2) is 0 Å². The molecule has 1 aliphatic carbocycles. The van der Waals surface area contributed by atoms with Crippen molar-refractivity contribution in [2.45, 2.75) is 56.9 Å². The second-order valence-electron chi connectivity index (χ2n) is 6.54. The van der Waals surface area contributed by atoms with Crippen molar-refractivity contribution in [2.24, 2.45) is 5.41 Å². The molecular formula is C16H22N2O2S. The molecule has 0 atom stereocenters. The summed E-state index contributed by atoms with van der Waals surface area (Å²) in [5.74, 6) is 0. The van der Waals surface area contributed by atoms with Crippen LogP contribution in [0.5, 0.6) is 0 Å². The van der Waals surface area contributed by atoms with Crippen LogP contribution in [0.25, 0.3) is 0 Å². The normalized spacial score (nSPS) is 19.1. The van der Waals surface area contributed by atoms with Crippen molar-refractivity contribution in [3.05, 3.63) is 29.8 Å². The lowest BCUT2D eigenvalue weighted by molar-refractivity contribution is 0.218. The Morgan fingerprint density at radius 3 is 2.33 bits per heavy atom. The topological polar surface area (TPSA) is 70.0 Å². The van der Waals surface area contributed by atoms with E-state index in [2.05, 4.69) is 24.6 Å². The predicted molar refractivity (Wildman–Crippen MR) is 82.1 cm³/mol. The fourth-order valence-electron chi connectivity index (χ4n) is 2.68. The van der Waals surface area contributed by atoms with E-state index >= 15 is 0 Å². The number of sulfonamides is 1. The molecule has 1 saturated carbocycles. The molecular weight excluding hydrogens is 284 g/mol. The standard InChI is InChI=1S/C16H22N2O2S/c1-16(2)10-7-14(8-11-16)18-21(19,20)15-5-3-13(4-6-15)9-12-17/h3-6,14,18H,7-11H2,1-2H3. The molecule has 0 spiro atoms. The van der Waals surface area contributed by atoms with Crippen LogP contribution in [0, 0.1) is 16.7 Å². The van der Waals surface area contributed by atoms with Crippen molar-refractivity contribution < 1.29 is 8.42 Å². The molecule has 1 N–H and O–H groups in total. The first-order valence-corrected chi connectivity index (χ1v) is 8.79. The van der Waals surface area contributed by atoms with E-state index in [1.165, 1.54) is 0 Å². The summed E-state index contributed by atoms with van der Waals surface area (Å²) in [6, 6.07) is 8.61. The Bertz CT molecular complexity index is 617. The van der Waals surface area contributed by atoms with Gasteiger partial charge in [-0.05, 0) is 48.8 Å². The lowest BCUT2D eigenvalue weighted by atomic mass is 9.76. The van der Waals surface area contributed by atoms with E-state index in [9.17, 15) is 8.42 Å². The van der Waals surface area contributed by atoms with E-state index in [4.69, 9.17) is 5.26 Å². The molecule has 5 heteroatoms.